The van der Waals surface area contributed by atoms with Crippen molar-refractivity contribution in [3.63, 3.8) is 0 Å². The van der Waals surface area contributed by atoms with Gasteiger partial charge >= 0.3 is 0 Å². The Kier molecular flexibility index (Phi) is 20.0. The number of hydrogen-bond acceptors (Lipinski definition) is 2. The van der Waals surface area contributed by atoms with E-state index in [9.17, 15) is 10.2 Å². The fourth-order valence-corrected chi connectivity index (χ4v) is 18.7. The third-order valence-corrected chi connectivity index (χ3v) is 22.3. The van der Waals surface area contributed by atoms with Crippen molar-refractivity contribution in [2.75, 3.05) is 13.2 Å². The lowest BCUT2D eigenvalue weighted by Crippen LogP contribution is -2.25. The van der Waals surface area contributed by atoms with Gasteiger partial charge in [-0.15, -0.1) is 0 Å². The van der Waals surface area contributed by atoms with Gasteiger partial charge < -0.3 is 28.1 Å². The molecule has 0 radical (unpaired) electrons. The highest BCUT2D eigenvalue weighted by Gasteiger charge is 2.35. The van der Waals surface area contributed by atoms with E-state index in [2.05, 4.69) is 327 Å². The number of aromatic hydroxyl groups is 2. The van der Waals surface area contributed by atoms with Gasteiger partial charge in [0.15, 0.2) is 13.2 Å². The van der Waals surface area contributed by atoms with Gasteiger partial charge in [-0.2, -0.15) is 0 Å². The van der Waals surface area contributed by atoms with Gasteiger partial charge in [-0.3, -0.25) is 0 Å². The maximum atomic E-state index is 16.8. The van der Waals surface area contributed by atoms with Gasteiger partial charge in [-0.25, -0.2) is 8.78 Å². The van der Waals surface area contributed by atoms with E-state index in [4.69, 9.17) is 0 Å². The number of phenols is 2. The number of aryl methyl sites for hydroxylation is 10. The number of nitrogens with zero attached hydrogens (tertiary/aromatic N) is 2. The number of rotatable bonds is 18. The molecule has 0 atom stereocenters. The summed E-state index contributed by atoms with van der Waals surface area (Å²) in [5.41, 5.74) is 26.8. The van der Waals surface area contributed by atoms with Crippen LogP contribution in [0.15, 0.2) is 194 Å². The summed E-state index contributed by atoms with van der Waals surface area (Å²) in [6.07, 6.45) is 2.04. The molecule has 111 heavy (non-hydrogen) atoms. The maximum absolute atomic E-state index is 16.8. The van der Waals surface area contributed by atoms with Crippen molar-refractivity contribution in [2.24, 2.45) is 10.8 Å². The van der Waals surface area contributed by atoms with Crippen molar-refractivity contribution in [2.45, 2.75) is 169 Å². The Morgan fingerprint density at radius 2 is 0.577 bits per heavy atom. The van der Waals surface area contributed by atoms with Gasteiger partial charge in [0, 0.05) is 43.8 Å². The standard InChI is InChI=1S/C103H108F2N2O4/c1-60-34-61(2)39-74(38-60)70-24-28-82-83-29-25-71(75-40-62(3)35-63(4)41-75)49-91(83)106(90(82)48-70)94-54-78(102(17,18)58-100(11,12)13)52-86(96(94)108)88-56-80(104)46-68(9)98(88)110(21)32-23-33-111(22)99-69(10)47-81(105)57-89(99)87-53-79(103(19,20)59-101(14,15)16)55-95(97(87)109)107-92-50-72(76-42-64(5)36-65(6)43-76)26-30-84(92)85-31-27-73(51-93(85)107)77-44-66(7)37-67(8)45-77/h24-31,34-57,108-109H,21-23,32-33,58-59H2,1-20H3. The minimum absolute atomic E-state index is 0.00338. The van der Waals surface area contributed by atoms with Crippen molar-refractivity contribution in [1.29, 1.82) is 0 Å². The summed E-state index contributed by atoms with van der Waals surface area (Å²) in [5, 5.41) is 31.5. The first-order valence-electron chi connectivity index (χ1n) is 39.1. The minimum Gasteiger partial charge on any atom is -0.711 e. The molecule has 0 aliphatic heterocycles. The molecule has 0 unspecified atom stereocenters. The molecule has 0 amide bonds. The highest BCUT2D eigenvalue weighted by Crippen LogP contribution is 2.53. The Balaban J connectivity index is 0.893. The van der Waals surface area contributed by atoms with Crippen molar-refractivity contribution in [1.82, 2.24) is 9.13 Å². The van der Waals surface area contributed by atoms with E-state index in [-0.39, 0.29) is 35.5 Å². The Labute approximate surface area is 657 Å². The molecule has 0 aliphatic carbocycles. The van der Waals surface area contributed by atoms with E-state index < -0.39 is 22.5 Å². The molecule has 2 N–H and O–H groups in total. The number of halogens is 2. The summed E-state index contributed by atoms with van der Waals surface area (Å²) in [6, 6.07) is 67.8. The molecule has 8 heteroatoms. The second kappa shape index (κ2) is 28.9. The second-order valence-corrected chi connectivity index (χ2v) is 36.1. The Morgan fingerprint density at radius 1 is 0.315 bits per heavy atom. The fourth-order valence-electron chi connectivity index (χ4n) is 18.7. The van der Waals surface area contributed by atoms with Crippen LogP contribution in [-0.2, 0) is 19.6 Å². The molecule has 0 saturated heterocycles. The highest BCUT2D eigenvalue weighted by atomic mass is 19.1. The summed E-state index contributed by atoms with van der Waals surface area (Å²) in [6.45, 7) is 44.0. The van der Waals surface area contributed by atoms with Crippen molar-refractivity contribution in [3.05, 3.63) is 287 Å². The Morgan fingerprint density at radius 3 is 0.829 bits per heavy atom. The van der Waals surface area contributed by atoms with E-state index >= 15 is 8.78 Å². The summed E-state index contributed by atoms with van der Waals surface area (Å²) >= 11 is 0. The van der Waals surface area contributed by atoms with E-state index in [0.717, 1.165) is 112 Å². The first-order chi connectivity index (χ1) is 52.2. The third-order valence-electron chi connectivity index (χ3n) is 22.3. The quantitative estimate of drug-likeness (QED) is 0.0664. The van der Waals surface area contributed by atoms with Crippen LogP contribution in [0.2, 0.25) is 0 Å². The first-order valence-corrected chi connectivity index (χ1v) is 39.1. The molecule has 0 aliphatic rings. The first kappa shape index (κ1) is 77.0. The molecule has 14 aromatic rings. The Bertz CT molecular complexity index is 5390. The van der Waals surface area contributed by atoms with Crippen molar-refractivity contribution in [3.8, 4) is 101 Å². The van der Waals surface area contributed by atoms with Crippen molar-refractivity contribution >= 4 is 43.6 Å². The van der Waals surface area contributed by atoms with Gasteiger partial charge in [0.1, 0.15) is 29.6 Å². The lowest BCUT2D eigenvalue weighted by Gasteiger charge is -2.35. The zero-order chi connectivity index (χ0) is 79.6. The predicted octanol–water partition coefficient (Wildman–Crippen LogP) is 29.3. The van der Waals surface area contributed by atoms with Crippen LogP contribution in [0.3, 0.4) is 0 Å². The zero-order valence-electron chi connectivity index (χ0n) is 68.8. The number of aromatic nitrogens is 2. The fraction of sp³-hybridized carbons (Fsp3) is 0.282. The van der Waals surface area contributed by atoms with Gasteiger partial charge in [0.2, 0.25) is 11.5 Å². The molecule has 12 aromatic carbocycles. The van der Waals surface area contributed by atoms with Gasteiger partial charge in [0.05, 0.1) is 44.6 Å². The molecule has 0 fully saturated rings. The van der Waals surface area contributed by atoms with Crippen molar-refractivity contribution < 1.29 is 27.7 Å². The van der Waals surface area contributed by atoms with Crippen LogP contribution in [0.5, 0.6) is 23.0 Å². The van der Waals surface area contributed by atoms with Crippen LogP contribution in [0.4, 0.5) is 8.78 Å². The van der Waals surface area contributed by atoms with Crippen LogP contribution in [-0.4, -0.2) is 32.6 Å². The van der Waals surface area contributed by atoms with Gasteiger partial charge in [-0.1, -0.05) is 235 Å². The molecule has 0 spiro atoms. The molecule has 2 heterocycles. The Hall–Kier alpha value is -10.7. The number of hydrogen-bond donors (Lipinski definition) is 2. The number of phenolic OH excluding ortho intramolecular Hbond substituents is 2. The molecular formula is C103H108F2N2O4. The van der Waals surface area contributed by atoms with Crippen LogP contribution < -0.4 is 0 Å². The number of fused-ring (bicyclic) bond motifs is 6. The normalized spacial score (nSPS) is 12.4. The molecule has 0 saturated carbocycles. The largest absolute Gasteiger partial charge is 0.711 e. The minimum atomic E-state index is -0.452. The van der Waals surface area contributed by atoms with E-state index in [0.29, 0.717) is 62.7 Å². The molecule has 6 nitrogen and oxygen atoms in total. The van der Waals surface area contributed by atoms with E-state index in [1.54, 1.807) is 0 Å². The predicted molar refractivity (Wildman–Crippen MR) is 465 cm³/mol. The number of benzene rings is 12. The second-order valence-electron chi connectivity index (χ2n) is 36.1. The molecular weight excluding hydrogens is 1370 g/mol. The average Bonchev–Trinajstić information content (AvgIpc) is 1.58. The lowest BCUT2D eigenvalue weighted by molar-refractivity contribution is -0.0170. The van der Waals surface area contributed by atoms with Gasteiger partial charge in [-0.05, 0) is 246 Å². The van der Waals surface area contributed by atoms with Crippen LogP contribution in [0, 0.1) is 106 Å². The summed E-state index contributed by atoms with van der Waals surface area (Å²) < 4.78 is 44.2. The molecule has 14 rings (SSSR count). The van der Waals surface area contributed by atoms with Crippen LogP contribution in [0.1, 0.15) is 155 Å². The van der Waals surface area contributed by atoms with Gasteiger partial charge in [0.25, 0.3) is 0 Å². The lowest BCUT2D eigenvalue weighted by atomic mass is 9.71. The molecule has 0 bridgehead atoms. The summed E-state index contributed by atoms with van der Waals surface area (Å²) in [5.74, 6) is 0.253. The topological polar surface area (TPSA) is 55.7 Å². The SMILES string of the molecule is [CH2-][O+](CCC[O+]([CH2-])c1c(C)cc(F)cc1-c1cc(C(C)(C)CC(C)(C)C)cc(-n2c3cc(-c4cc(C)cc(C)c4)ccc3c3ccc(-c4cc(C)cc(C)c4)cc32)c1O)c1c(C)cc(F)cc1-c1cc(C(C)(C)CC(C)(C)C)cc(-n2c3cc(-c4cc(C)cc(C)c4)ccc3c3ccc(-c4cc(C)cc(C)c4)cc32)c1O. The summed E-state index contributed by atoms with van der Waals surface area (Å²) in [7, 11) is 9.34. The van der Waals surface area contributed by atoms with E-state index in [1.807, 2.05) is 13.8 Å². The van der Waals surface area contributed by atoms with E-state index in [1.165, 1.54) is 68.8 Å². The summed E-state index contributed by atoms with van der Waals surface area (Å²) in [4.78, 5) is 0. The smallest absolute Gasteiger partial charge is 0.237 e. The van der Waals surface area contributed by atoms with Crippen LogP contribution in [0.25, 0.3) is 122 Å². The monoisotopic (exact) mass is 1470 g/mol. The van der Waals surface area contributed by atoms with Crippen LogP contribution >= 0.6 is 0 Å². The highest BCUT2D eigenvalue weighted by molar-refractivity contribution is 6.13. The molecule has 568 valence electrons. The zero-order valence-corrected chi connectivity index (χ0v) is 68.8. The molecule has 2 aromatic heterocycles. The third kappa shape index (κ3) is 15.4. The average molecular weight is 1480 g/mol. The maximum Gasteiger partial charge on any atom is 0.237 e.